The topological polar surface area (TPSA) is 61.2 Å². The van der Waals surface area contributed by atoms with E-state index in [1.165, 1.54) is 11.6 Å². The Balaban J connectivity index is 3.03. The molecule has 0 saturated carbocycles. The van der Waals surface area contributed by atoms with Crippen molar-refractivity contribution >= 4 is 16.8 Å². The molecule has 0 radical (unpaired) electrons. The Morgan fingerprint density at radius 2 is 2.23 bits per heavy atom. The smallest absolute Gasteiger partial charge is 0.408 e. The Kier molecular flexibility index (Phi) is 1.42. The van der Waals surface area contributed by atoms with Gasteiger partial charge in [0.05, 0.1) is 5.69 Å². The van der Waals surface area contributed by atoms with E-state index in [9.17, 15) is 9.18 Å². The average Bonchev–Trinajstić information content (AvgIpc) is 2.27. The molecule has 1 aromatic heterocycles. The number of hydrogen-bond donors (Lipinski definition) is 1. The van der Waals surface area contributed by atoms with Gasteiger partial charge in [-0.05, 0) is 6.07 Å². The van der Waals surface area contributed by atoms with Crippen molar-refractivity contribution in [3.63, 3.8) is 0 Å². The number of nitrogens with two attached hydrogens (primary N) is 1. The normalized spacial score (nSPS) is 10.9. The van der Waals surface area contributed by atoms with Crippen molar-refractivity contribution in [1.82, 2.24) is 4.57 Å². The summed E-state index contributed by atoms with van der Waals surface area (Å²) >= 11 is 0. The van der Waals surface area contributed by atoms with Gasteiger partial charge in [0.2, 0.25) is 0 Å². The summed E-state index contributed by atoms with van der Waals surface area (Å²) < 4.78 is 18.8. The van der Waals surface area contributed by atoms with Crippen LogP contribution in [-0.2, 0) is 7.05 Å². The van der Waals surface area contributed by atoms with Crippen molar-refractivity contribution in [1.29, 1.82) is 0 Å². The molecule has 13 heavy (non-hydrogen) atoms. The molecule has 1 aromatic carbocycles. The van der Waals surface area contributed by atoms with Crippen LogP contribution in [0.15, 0.2) is 21.3 Å². The van der Waals surface area contributed by atoms with Gasteiger partial charge < -0.3 is 10.2 Å². The summed E-state index contributed by atoms with van der Waals surface area (Å²) in [6.07, 6.45) is 0. The fourth-order valence-electron chi connectivity index (χ4n) is 1.28. The number of benzene rings is 1. The van der Waals surface area contributed by atoms with Crippen LogP contribution in [0, 0.1) is 5.82 Å². The van der Waals surface area contributed by atoms with Crippen LogP contribution in [0.25, 0.3) is 11.1 Å². The first-order valence-electron chi connectivity index (χ1n) is 3.64. The number of rotatable bonds is 0. The molecular formula is C8H7FN2O2. The third-order valence-corrected chi connectivity index (χ3v) is 1.88. The number of anilines is 1. The lowest BCUT2D eigenvalue weighted by molar-refractivity contribution is 0.525. The van der Waals surface area contributed by atoms with Crippen molar-refractivity contribution in [2.75, 3.05) is 5.73 Å². The fourth-order valence-corrected chi connectivity index (χ4v) is 1.28. The van der Waals surface area contributed by atoms with E-state index < -0.39 is 11.6 Å². The summed E-state index contributed by atoms with van der Waals surface area (Å²) in [5, 5.41) is 0. The zero-order valence-electron chi connectivity index (χ0n) is 6.87. The molecule has 5 heteroatoms. The Bertz CT molecular complexity index is 527. The summed E-state index contributed by atoms with van der Waals surface area (Å²) in [6.45, 7) is 0. The second-order valence-electron chi connectivity index (χ2n) is 2.77. The van der Waals surface area contributed by atoms with Crippen molar-refractivity contribution in [3.05, 3.63) is 28.5 Å². The molecule has 2 rings (SSSR count). The van der Waals surface area contributed by atoms with Gasteiger partial charge in [-0.2, -0.15) is 0 Å². The maximum Gasteiger partial charge on any atom is 0.419 e. The number of nitrogens with zero attached hydrogens (tertiary/aromatic N) is 1. The highest BCUT2D eigenvalue weighted by molar-refractivity contribution is 5.85. The van der Waals surface area contributed by atoms with E-state index in [0.717, 1.165) is 12.1 Å². The van der Waals surface area contributed by atoms with Crippen LogP contribution in [0.1, 0.15) is 0 Å². The van der Waals surface area contributed by atoms with Gasteiger partial charge in [-0.1, -0.05) is 0 Å². The monoisotopic (exact) mass is 182 g/mol. The molecule has 0 unspecified atom stereocenters. The highest BCUT2D eigenvalue weighted by atomic mass is 19.1. The van der Waals surface area contributed by atoms with Gasteiger partial charge in [0.1, 0.15) is 11.3 Å². The lowest BCUT2D eigenvalue weighted by Crippen LogP contribution is -2.09. The van der Waals surface area contributed by atoms with E-state index in [1.54, 1.807) is 0 Å². The van der Waals surface area contributed by atoms with Crippen molar-refractivity contribution < 1.29 is 8.81 Å². The van der Waals surface area contributed by atoms with Crippen LogP contribution in [0.2, 0.25) is 0 Å². The SMILES string of the molecule is Cn1c(=O)oc2cc(F)cc(N)c21. The van der Waals surface area contributed by atoms with E-state index in [4.69, 9.17) is 10.2 Å². The van der Waals surface area contributed by atoms with Crippen molar-refractivity contribution in [2.45, 2.75) is 0 Å². The van der Waals surface area contributed by atoms with Gasteiger partial charge in [0, 0.05) is 13.1 Å². The lowest BCUT2D eigenvalue weighted by Gasteiger charge is -1.96. The largest absolute Gasteiger partial charge is 0.419 e. The summed E-state index contributed by atoms with van der Waals surface area (Å²) in [6, 6.07) is 2.28. The molecule has 2 N–H and O–H groups in total. The Labute approximate surface area is 72.4 Å². The summed E-state index contributed by atoms with van der Waals surface area (Å²) in [4.78, 5) is 11.0. The molecule has 0 atom stereocenters. The van der Waals surface area contributed by atoms with Crippen LogP contribution in [0.3, 0.4) is 0 Å². The molecule has 2 aromatic rings. The average molecular weight is 182 g/mol. The number of halogens is 1. The zero-order chi connectivity index (χ0) is 9.59. The summed E-state index contributed by atoms with van der Waals surface area (Å²) in [7, 11) is 1.52. The Hall–Kier alpha value is -1.78. The molecule has 0 amide bonds. The number of aryl methyl sites for hydroxylation is 1. The van der Waals surface area contributed by atoms with Gasteiger partial charge >= 0.3 is 5.76 Å². The molecule has 0 bridgehead atoms. The maximum absolute atomic E-state index is 12.8. The van der Waals surface area contributed by atoms with E-state index in [1.807, 2.05) is 0 Å². The first kappa shape index (κ1) is 7.85. The molecule has 1 heterocycles. The quantitative estimate of drug-likeness (QED) is 0.614. The summed E-state index contributed by atoms with van der Waals surface area (Å²) in [5.41, 5.74) is 6.30. The van der Waals surface area contributed by atoms with E-state index in [2.05, 4.69) is 0 Å². The molecule has 4 nitrogen and oxygen atoms in total. The second kappa shape index (κ2) is 2.35. The molecule has 0 aliphatic heterocycles. The maximum atomic E-state index is 12.8. The fraction of sp³-hybridized carbons (Fsp3) is 0.125. The Morgan fingerprint density at radius 3 is 2.92 bits per heavy atom. The molecular weight excluding hydrogens is 175 g/mol. The van der Waals surface area contributed by atoms with Gasteiger partial charge in [-0.25, -0.2) is 9.18 Å². The molecule has 0 spiro atoms. The predicted molar refractivity (Wildman–Crippen MR) is 45.8 cm³/mol. The molecule has 0 fully saturated rings. The minimum absolute atomic E-state index is 0.171. The van der Waals surface area contributed by atoms with Gasteiger partial charge in [-0.15, -0.1) is 0 Å². The predicted octanol–water partition coefficient (Wildman–Crippen LogP) is 0.853. The third-order valence-electron chi connectivity index (χ3n) is 1.88. The van der Waals surface area contributed by atoms with Crippen molar-refractivity contribution in [3.8, 4) is 0 Å². The number of aromatic nitrogens is 1. The minimum atomic E-state index is -0.549. The Morgan fingerprint density at radius 1 is 1.54 bits per heavy atom. The van der Waals surface area contributed by atoms with E-state index in [0.29, 0.717) is 5.52 Å². The number of oxazole rings is 1. The highest BCUT2D eigenvalue weighted by Crippen LogP contribution is 2.20. The highest BCUT2D eigenvalue weighted by Gasteiger charge is 2.10. The molecule has 0 aliphatic carbocycles. The van der Waals surface area contributed by atoms with Crippen molar-refractivity contribution in [2.24, 2.45) is 7.05 Å². The van der Waals surface area contributed by atoms with Crippen LogP contribution in [0.5, 0.6) is 0 Å². The van der Waals surface area contributed by atoms with E-state index in [-0.39, 0.29) is 11.3 Å². The molecule has 68 valence electrons. The number of fused-ring (bicyclic) bond motifs is 1. The molecule has 0 saturated heterocycles. The van der Waals surface area contributed by atoms with Gasteiger partial charge in [-0.3, -0.25) is 4.57 Å². The van der Waals surface area contributed by atoms with Gasteiger partial charge in [0.15, 0.2) is 5.58 Å². The zero-order valence-corrected chi connectivity index (χ0v) is 6.87. The summed E-state index contributed by atoms with van der Waals surface area (Å²) in [5.74, 6) is -1.06. The van der Waals surface area contributed by atoms with Crippen LogP contribution >= 0.6 is 0 Å². The lowest BCUT2D eigenvalue weighted by atomic mass is 10.3. The standard InChI is InChI=1S/C8H7FN2O2/c1-11-7-5(10)2-4(9)3-6(7)13-8(11)12/h2-3H,10H2,1H3. The first-order chi connectivity index (χ1) is 6.09. The van der Waals surface area contributed by atoms with E-state index >= 15 is 0 Å². The number of nitrogen functional groups attached to an aromatic ring is 1. The van der Waals surface area contributed by atoms with Crippen LogP contribution in [-0.4, -0.2) is 4.57 Å². The van der Waals surface area contributed by atoms with Crippen LogP contribution < -0.4 is 11.5 Å². The number of hydrogen-bond acceptors (Lipinski definition) is 3. The molecule has 0 aliphatic rings. The first-order valence-corrected chi connectivity index (χ1v) is 3.64. The minimum Gasteiger partial charge on any atom is -0.408 e. The van der Waals surface area contributed by atoms with Crippen LogP contribution in [0.4, 0.5) is 10.1 Å². The van der Waals surface area contributed by atoms with Gasteiger partial charge in [0.25, 0.3) is 0 Å². The third kappa shape index (κ3) is 1.00. The second-order valence-corrected chi connectivity index (χ2v) is 2.77.